The van der Waals surface area contributed by atoms with Crippen LogP contribution in [0.25, 0.3) is 0 Å². The van der Waals surface area contributed by atoms with Crippen LogP contribution < -0.4 is 0 Å². The topological polar surface area (TPSA) is 20.2 Å². The Morgan fingerprint density at radius 1 is 1.09 bits per heavy atom. The molecule has 1 atom stereocenters. The minimum atomic E-state index is -0.105. The van der Waals surface area contributed by atoms with Gasteiger partial charge in [0.05, 0.1) is 6.10 Å². The summed E-state index contributed by atoms with van der Waals surface area (Å²) in [5.41, 5.74) is 0. The van der Waals surface area contributed by atoms with Crippen LogP contribution in [0.4, 0.5) is 0 Å². The lowest BCUT2D eigenvalue weighted by atomic mass is 10.1. The Bertz CT molecular complexity index is 74.0. The van der Waals surface area contributed by atoms with Gasteiger partial charge >= 0.3 is 0 Å². The summed E-state index contributed by atoms with van der Waals surface area (Å²) >= 11 is 3.40. The Morgan fingerprint density at radius 3 is 2.18 bits per heavy atom. The lowest BCUT2D eigenvalue weighted by Gasteiger charge is -2.02. The first-order valence-corrected chi connectivity index (χ1v) is 5.63. The maximum Gasteiger partial charge on any atom is 0.0512 e. The van der Waals surface area contributed by atoms with E-state index in [1.165, 1.54) is 32.1 Å². The molecule has 1 nitrogen and oxygen atoms in total. The van der Waals surface area contributed by atoms with Crippen LogP contribution in [0.15, 0.2) is 0 Å². The predicted octanol–water partition coefficient (Wildman–Crippen LogP) is 3.10. The molecule has 0 radical (unpaired) electrons. The molecule has 0 aromatic heterocycles. The summed E-state index contributed by atoms with van der Waals surface area (Å²) in [7, 11) is 0. The lowest BCUT2D eigenvalue weighted by molar-refractivity contribution is 0.180. The molecule has 0 amide bonds. The zero-order valence-corrected chi connectivity index (χ0v) is 8.94. The molecule has 0 aliphatic carbocycles. The minimum Gasteiger partial charge on any atom is -0.393 e. The van der Waals surface area contributed by atoms with Gasteiger partial charge in [0.15, 0.2) is 0 Å². The molecule has 11 heavy (non-hydrogen) atoms. The smallest absolute Gasteiger partial charge is 0.0512 e. The van der Waals surface area contributed by atoms with Crippen LogP contribution in [0, 0.1) is 0 Å². The van der Waals surface area contributed by atoms with Crippen molar-refractivity contribution in [1.29, 1.82) is 0 Å². The highest BCUT2D eigenvalue weighted by molar-refractivity contribution is 9.09. The van der Waals surface area contributed by atoms with E-state index in [1.807, 2.05) is 6.92 Å². The molecule has 0 heterocycles. The van der Waals surface area contributed by atoms with Gasteiger partial charge in [0, 0.05) is 5.33 Å². The van der Waals surface area contributed by atoms with E-state index in [4.69, 9.17) is 5.11 Å². The SMILES string of the molecule is CC(O)CCCCCCCBr. The molecule has 1 N–H and O–H groups in total. The van der Waals surface area contributed by atoms with Crippen molar-refractivity contribution in [1.82, 2.24) is 0 Å². The van der Waals surface area contributed by atoms with Gasteiger partial charge in [-0.25, -0.2) is 0 Å². The van der Waals surface area contributed by atoms with Gasteiger partial charge in [-0.1, -0.05) is 41.6 Å². The molecule has 0 saturated carbocycles. The van der Waals surface area contributed by atoms with Crippen molar-refractivity contribution < 1.29 is 5.11 Å². The molecule has 0 saturated heterocycles. The molecule has 68 valence electrons. The summed E-state index contributed by atoms with van der Waals surface area (Å²) in [5.74, 6) is 0. The van der Waals surface area contributed by atoms with Crippen molar-refractivity contribution in [2.45, 2.75) is 51.6 Å². The Morgan fingerprint density at radius 2 is 1.64 bits per heavy atom. The molecule has 2 heteroatoms. The van der Waals surface area contributed by atoms with E-state index >= 15 is 0 Å². The summed E-state index contributed by atoms with van der Waals surface area (Å²) in [5, 5.41) is 10.1. The van der Waals surface area contributed by atoms with Gasteiger partial charge in [-0.05, 0) is 19.8 Å². The van der Waals surface area contributed by atoms with Crippen LogP contribution in [0.2, 0.25) is 0 Å². The fourth-order valence-electron chi connectivity index (χ4n) is 1.06. The third-order valence-corrected chi connectivity index (χ3v) is 2.32. The van der Waals surface area contributed by atoms with Crippen molar-refractivity contribution in [3.63, 3.8) is 0 Å². The molecule has 0 bridgehead atoms. The van der Waals surface area contributed by atoms with Crippen LogP contribution in [-0.4, -0.2) is 16.5 Å². The number of hydrogen-bond acceptors (Lipinski definition) is 1. The van der Waals surface area contributed by atoms with Crippen LogP contribution in [-0.2, 0) is 0 Å². The second kappa shape index (κ2) is 8.54. The summed E-state index contributed by atoms with van der Waals surface area (Å²) in [6.45, 7) is 1.86. The number of unbranched alkanes of at least 4 members (excludes halogenated alkanes) is 4. The summed E-state index contributed by atoms with van der Waals surface area (Å²) in [4.78, 5) is 0. The maximum absolute atomic E-state index is 8.95. The highest BCUT2D eigenvalue weighted by Gasteiger charge is 1.94. The van der Waals surface area contributed by atoms with Gasteiger partial charge in [0.25, 0.3) is 0 Å². The fourth-order valence-corrected chi connectivity index (χ4v) is 1.46. The van der Waals surface area contributed by atoms with Gasteiger partial charge in [-0.2, -0.15) is 0 Å². The predicted molar refractivity (Wildman–Crippen MR) is 53.2 cm³/mol. The highest BCUT2D eigenvalue weighted by Crippen LogP contribution is 2.07. The standard InChI is InChI=1S/C9H19BrO/c1-9(11)7-5-3-2-4-6-8-10/h9,11H,2-8H2,1H3. The van der Waals surface area contributed by atoms with Crippen LogP contribution >= 0.6 is 15.9 Å². The minimum absolute atomic E-state index is 0.105. The molecular weight excluding hydrogens is 204 g/mol. The Hall–Kier alpha value is 0.440. The van der Waals surface area contributed by atoms with Gasteiger partial charge in [-0.3, -0.25) is 0 Å². The molecule has 0 spiro atoms. The highest BCUT2D eigenvalue weighted by atomic mass is 79.9. The number of hydrogen-bond donors (Lipinski definition) is 1. The van der Waals surface area contributed by atoms with E-state index in [2.05, 4.69) is 15.9 Å². The van der Waals surface area contributed by atoms with Gasteiger partial charge in [0.1, 0.15) is 0 Å². The van der Waals surface area contributed by atoms with E-state index < -0.39 is 0 Å². The maximum atomic E-state index is 8.95. The van der Waals surface area contributed by atoms with Crippen LogP contribution in [0.5, 0.6) is 0 Å². The number of rotatable bonds is 7. The van der Waals surface area contributed by atoms with Crippen molar-refractivity contribution in [2.24, 2.45) is 0 Å². The molecule has 0 rings (SSSR count). The zero-order chi connectivity index (χ0) is 8.53. The quantitative estimate of drug-likeness (QED) is 0.519. The number of aliphatic hydroxyl groups excluding tert-OH is 1. The largest absolute Gasteiger partial charge is 0.393 e. The number of alkyl halides is 1. The van der Waals surface area contributed by atoms with Crippen molar-refractivity contribution >= 4 is 15.9 Å². The van der Waals surface area contributed by atoms with Gasteiger partial charge in [-0.15, -0.1) is 0 Å². The van der Waals surface area contributed by atoms with E-state index in [0.29, 0.717) is 0 Å². The number of halogens is 1. The van der Waals surface area contributed by atoms with E-state index in [0.717, 1.165) is 11.8 Å². The molecule has 0 aliphatic rings. The first-order valence-electron chi connectivity index (χ1n) is 4.51. The lowest BCUT2D eigenvalue weighted by Crippen LogP contribution is -1.98. The second-order valence-electron chi connectivity index (χ2n) is 3.09. The van der Waals surface area contributed by atoms with E-state index in [9.17, 15) is 0 Å². The average molecular weight is 223 g/mol. The average Bonchev–Trinajstić information content (AvgIpc) is 1.96. The van der Waals surface area contributed by atoms with Crippen molar-refractivity contribution in [3.8, 4) is 0 Å². The molecule has 0 aromatic rings. The Labute approximate surface area is 78.3 Å². The van der Waals surface area contributed by atoms with E-state index in [1.54, 1.807) is 0 Å². The number of aliphatic hydroxyl groups is 1. The van der Waals surface area contributed by atoms with Crippen molar-refractivity contribution in [2.75, 3.05) is 5.33 Å². The summed E-state index contributed by atoms with van der Waals surface area (Å²) in [6, 6.07) is 0. The van der Waals surface area contributed by atoms with E-state index in [-0.39, 0.29) is 6.10 Å². The fraction of sp³-hybridized carbons (Fsp3) is 1.00. The molecule has 0 aliphatic heterocycles. The first-order chi connectivity index (χ1) is 5.27. The Kier molecular flexibility index (Phi) is 8.88. The first kappa shape index (κ1) is 11.4. The van der Waals surface area contributed by atoms with Crippen LogP contribution in [0.1, 0.15) is 45.4 Å². The summed E-state index contributed by atoms with van der Waals surface area (Å²) < 4.78 is 0. The monoisotopic (exact) mass is 222 g/mol. The van der Waals surface area contributed by atoms with Gasteiger partial charge < -0.3 is 5.11 Å². The van der Waals surface area contributed by atoms with Crippen molar-refractivity contribution in [3.05, 3.63) is 0 Å². The third kappa shape index (κ3) is 10.4. The zero-order valence-electron chi connectivity index (χ0n) is 7.35. The molecule has 1 unspecified atom stereocenters. The molecule has 0 fully saturated rings. The molecular formula is C9H19BrO. The summed E-state index contributed by atoms with van der Waals surface area (Å²) in [6.07, 6.45) is 7.25. The second-order valence-corrected chi connectivity index (χ2v) is 3.89. The normalized spacial score (nSPS) is 13.4. The van der Waals surface area contributed by atoms with Gasteiger partial charge in [0.2, 0.25) is 0 Å². The Balaban J connectivity index is 2.80. The molecule has 0 aromatic carbocycles. The third-order valence-electron chi connectivity index (χ3n) is 1.76. The van der Waals surface area contributed by atoms with Crippen LogP contribution in [0.3, 0.4) is 0 Å².